The predicted octanol–water partition coefficient (Wildman–Crippen LogP) is 11.7. The molecule has 0 atom stereocenters. The molecule has 0 aliphatic heterocycles. The van der Waals surface area contributed by atoms with Crippen LogP contribution in [-0.2, 0) is 5.41 Å². The Hall–Kier alpha value is -5.94. The topological polar surface area (TPSA) is 50.2 Å². The van der Waals surface area contributed by atoms with Crippen molar-refractivity contribution in [2.75, 3.05) is 17.7 Å². The Morgan fingerprint density at radius 3 is 2.06 bits per heavy atom. The molecule has 7 aromatic rings. The summed E-state index contributed by atoms with van der Waals surface area (Å²) in [5.74, 6) is 2.30. The number of para-hydroxylation sites is 3. The number of rotatable bonds is 9. The molecule has 5 nitrogen and oxygen atoms in total. The van der Waals surface area contributed by atoms with E-state index >= 15 is 0 Å². The summed E-state index contributed by atoms with van der Waals surface area (Å²) in [5.41, 5.74) is 9.69. The van der Waals surface area contributed by atoms with Crippen LogP contribution >= 0.6 is 0 Å². The Labute approximate surface area is 282 Å². The van der Waals surface area contributed by atoms with Gasteiger partial charge in [0.2, 0.25) is 0 Å². The van der Waals surface area contributed by atoms with E-state index < -0.39 is 0 Å². The summed E-state index contributed by atoms with van der Waals surface area (Å²) in [6.07, 6.45) is 0. The van der Waals surface area contributed by atoms with Crippen molar-refractivity contribution >= 4 is 50.4 Å². The third-order valence-electron chi connectivity index (χ3n) is 8.72. The van der Waals surface area contributed by atoms with Gasteiger partial charge < -0.3 is 20.7 Å². The fraction of sp³-hybridized carbons (Fsp3) is 0.116. The Balaban J connectivity index is 1.18. The van der Waals surface area contributed by atoms with Crippen LogP contribution in [0.4, 0.5) is 22.7 Å². The number of benzene rings is 6. The molecule has 0 saturated heterocycles. The van der Waals surface area contributed by atoms with E-state index in [9.17, 15) is 0 Å². The van der Waals surface area contributed by atoms with Crippen molar-refractivity contribution < 1.29 is 4.74 Å². The zero-order valence-electron chi connectivity index (χ0n) is 27.8. The van der Waals surface area contributed by atoms with E-state index in [1.54, 1.807) is 0 Å². The first-order valence-corrected chi connectivity index (χ1v) is 16.3. The van der Waals surface area contributed by atoms with Crippen LogP contribution in [-0.4, -0.2) is 11.6 Å². The molecule has 3 N–H and O–H groups in total. The molecule has 238 valence electrons. The number of hydrogen-bond acceptors (Lipinski definition) is 4. The van der Waals surface area contributed by atoms with Crippen molar-refractivity contribution in [3.05, 3.63) is 152 Å². The van der Waals surface area contributed by atoms with Crippen molar-refractivity contribution in [2.45, 2.75) is 26.2 Å². The molecule has 1 aromatic heterocycles. The molecule has 0 bridgehead atoms. The molecule has 0 unspecified atom stereocenters. The summed E-state index contributed by atoms with van der Waals surface area (Å²) < 4.78 is 8.58. The first-order valence-electron chi connectivity index (χ1n) is 16.3. The molecule has 48 heavy (non-hydrogen) atoms. The van der Waals surface area contributed by atoms with Crippen molar-refractivity contribution in [1.29, 1.82) is 0 Å². The molecule has 0 saturated carbocycles. The monoisotopic (exact) mass is 628 g/mol. The fourth-order valence-electron chi connectivity index (χ4n) is 6.18. The van der Waals surface area contributed by atoms with Crippen LogP contribution < -0.4 is 20.7 Å². The highest BCUT2D eigenvalue weighted by atomic mass is 16.5. The summed E-state index contributed by atoms with van der Waals surface area (Å²) in [7, 11) is 1.89. The van der Waals surface area contributed by atoms with Crippen LogP contribution in [0.1, 0.15) is 26.3 Å². The number of ether oxygens (including phenoxy) is 1. The van der Waals surface area contributed by atoms with Gasteiger partial charge in [0, 0.05) is 46.9 Å². The first kappa shape index (κ1) is 30.7. The molecular formula is C43H40N4O. The third kappa shape index (κ3) is 6.10. The second-order valence-electron chi connectivity index (χ2n) is 13.0. The zero-order valence-corrected chi connectivity index (χ0v) is 27.8. The molecule has 0 aliphatic carbocycles. The van der Waals surface area contributed by atoms with E-state index in [4.69, 9.17) is 4.74 Å². The van der Waals surface area contributed by atoms with Crippen LogP contribution in [0.15, 0.2) is 146 Å². The average Bonchev–Trinajstić information content (AvgIpc) is 3.42. The molecule has 0 fully saturated rings. The average molecular weight is 629 g/mol. The lowest BCUT2D eigenvalue weighted by Gasteiger charge is -2.23. The minimum absolute atomic E-state index is 0.0197. The Kier molecular flexibility index (Phi) is 8.12. The highest BCUT2D eigenvalue weighted by Gasteiger charge is 2.18. The summed E-state index contributed by atoms with van der Waals surface area (Å²) in [5, 5.41) is 12.9. The molecule has 7 rings (SSSR count). The van der Waals surface area contributed by atoms with Crippen LogP contribution in [0.2, 0.25) is 0 Å². The lowest BCUT2D eigenvalue weighted by molar-refractivity contribution is 0.483. The number of aromatic nitrogens is 1. The van der Waals surface area contributed by atoms with E-state index in [0.717, 1.165) is 62.1 Å². The Morgan fingerprint density at radius 1 is 0.604 bits per heavy atom. The van der Waals surface area contributed by atoms with Crippen molar-refractivity contribution in [1.82, 2.24) is 9.88 Å². The van der Waals surface area contributed by atoms with Gasteiger partial charge in [0.25, 0.3) is 0 Å². The van der Waals surface area contributed by atoms with Gasteiger partial charge in [-0.25, -0.2) is 0 Å². The Bertz CT molecular complexity index is 2260. The summed E-state index contributed by atoms with van der Waals surface area (Å²) in [4.78, 5) is 0. The molecule has 6 aromatic carbocycles. The minimum atomic E-state index is 0.0197. The van der Waals surface area contributed by atoms with Gasteiger partial charge >= 0.3 is 0 Å². The lowest BCUT2D eigenvalue weighted by atomic mass is 9.85. The van der Waals surface area contributed by atoms with Crippen molar-refractivity contribution in [2.24, 2.45) is 0 Å². The third-order valence-corrected chi connectivity index (χ3v) is 8.72. The lowest BCUT2D eigenvalue weighted by Crippen LogP contribution is -2.11. The van der Waals surface area contributed by atoms with Crippen LogP contribution in [0.3, 0.4) is 0 Å². The minimum Gasteiger partial charge on any atom is -0.457 e. The van der Waals surface area contributed by atoms with E-state index in [1.165, 1.54) is 16.5 Å². The Morgan fingerprint density at radius 2 is 1.29 bits per heavy atom. The highest BCUT2D eigenvalue weighted by molar-refractivity contribution is 6.10. The number of hydrogen-bond donors (Lipinski definition) is 3. The SMILES string of the molecule is C=C(NC)n1c2ccccc2c2ccc(Oc3cccc(Nc4ccccc4Nc4cc(C(C)(C)C)ccc4-c4ccccc4)c3)cc21. The van der Waals surface area contributed by atoms with E-state index in [0.29, 0.717) is 0 Å². The van der Waals surface area contributed by atoms with Gasteiger partial charge in [-0.1, -0.05) is 106 Å². The molecule has 0 radical (unpaired) electrons. The smallest absolute Gasteiger partial charge is 0.129 e. The van der Waals surface area contributed by atoms with Gasteiger partial charge in [-0.15, -0.1) is 0 Å². The number of nitrogens with one attached hydrogen (secondary N) is 3. The van der Waals surface area contributed by atoms with E-state index in [1.807, 2.05) is 37.4 Å². The van der Waals surface area contributed by atoms with Crippen LogP contribution in [0, 0.1) is 0 Å². The van der Waals surface area contributed by atoms with E-state index in [-0.39, 0.29) is 5.41 Å². The largest absolute Gasteiger partial charge is 0.457 e. The van der Waals surface area contributed by atoms with Gasteiger partial charge in [-0.2, -0.15) is 0 Å². The second-order valence-corrected chi connectivity index (χ2v) is 13.0. The number of nitrogens with zero attached hydrogens (tertiary/aromatic N) is 1. The maximum Gasteiger partial charge on any atom is 0.129 e. The van der Waals surface area contributed by atoms with Gasteiger partial charge in [0.05, 0.1) is 22.4 Å². The molecule has 0 amide bonds. The predicted molar refractivity (Wildman–Crippen MR) is 204 cm³/mol. The molecule has 0 aliphatic rings. The zero-order chi connectivity index (χ0) is 33.3. The summed E-state index contributed by atoms with van der Waals surface area (Å²) >= 11 is 0. The molecular weight excluding hydrogens is 589 g/mol. The van der Waals surface area contributed by atoms with Crippen molar-refractivity contribution in [3.8, 4) is 22.6 Å². The van der Waals surface area contributed by atoms with Crippen LogP contribution in [0.25, 0.3) is 38.8 Å². The maximum absolute atomic E-state index is 6.45. The first-order chi connectivity index (χ1) is 23.3. The number of anilines is 4. The normalized spacial score (nSPS) is 11.4. The summed E-state index contributed by atoms with van der Waals surface area (Å²) in [6.45, 7) is 11.0. The van der Waals surface area contributed by atoms with Crippen molar-refractivity contribution in [3.63, 3.8) is 0 Å². The van der Waals surface area contributed by atoms with Gasteiger partial charge in [-0.05, 0) is 65.1 Å². The maximum atomic E-state index is 6.45. The molecule has 0 spiro atoms. The van der Waals surface area contributed by atoms with E-state index in [2.05, 4.69) is 157 Å². The molecule has 5 heteroatoms. The second kappa shape index (κ2) is 12.7. The fourth-order valence-corrected chi connectivity index (χ4v) is 6.18. The number of fused-ring (bicyclic) bond motifs is 3. The standard InChI is InChI=1S/C43H40N4O/c1-29(44-5)47-41-21-12-9-18-36(41)37-25-23-34(28-42(37)47)48-33-17-13-16-32(27-33)45-38-19-10-11-20-39(38)46-40-26-31(43(2,3)4)22-24-35(40)30-14-7-6-8-15-30/h6-28,44-46H,1H2,2-5H3. The van der Waals surface area contributed by atoms with Crippen LogP contribution in [0.5, 0.6) is 11.5 Å². The quantitative estimate of drug-likeness (QED) is 0.149. The van der Waals surface area contributed by atoms with Gasteiger partial charge in [-0.3, -0.25) is 4.57 Å². The molecule has 1 heterocycles. The summed E-state index contributed by atoms with van der Waals surface area (Å²) in [6, 6.07) is 48.2. The highest BCUT2D eigenvalue weighted by Crippen LogP contribution is 2.38. The van der Waals surface area contributed by atoms with Gasteiger partial charge in [0.15, 0.2) is 0 Å². The van der Waals surface area contributed by atoms with Gasteiger partial charge in [0.1, 0.15) is 17.3 Å².